The fraction of sp³-hybridized carbons (Fsp3) is 0.647. The van der Waals surface area contributed by atoms with Crippen LogP contribution in [0.5, 0.6) is 0 Å². The Balaban J connectivity index is 1.54. The number of pyridine rings is 1. The number of β-amino-alcohol motifs (C(OH)–C–C–N with tert-alkyl or cyclic N) is 1. The van der Waals surface area contributed by atoms with Crippen LogP contribution in [0.2, 0.25) is 0 Å². The van der Waals surface area contributed by atoms with Crippen molar-refractivity contribution in [3.8, 4) is 0 Å². The van der Waals surface area contributed by atoms with Crippen molar-refractivity contribution in [2.45, 2.75) is 31.3 Å². The highest BCUT2D eigenvalue weighted by molar-refractivity contribution is 5.78. The lowest BCUT2D eigenvalue weighted by Gasteiger charge is -2.40. The average Bonchev–Trinajstić information content (AvgIpc) is 2.61. The third-order valence-electron chi connectivity index (χ3n) is 4.71. The molecule has 0 spiro atoms. The first-order chi connectivity index (χ1) is 11.2. The minimum Gasteiger partial charge on any atom is -0.386 e. The van der Waals surface area contributed by atoms with Gasteiger partial charge in [0.2, 0.25) is 5.91 Å². The summed E-state index contributed by atoms with van der Waals surface area (Å²) < 4.78 is 5.28. The van der Waals surface area contributed by atoms with E-state index in [-0.39, 0.29) is 11.8 Å². The highest BCUT2D eigenvalue weighted by Gasteiger charge is 2.35. The topological polar surface area (TPSA) is 74.7 Å². The molecule has 2 aliphatic heterocycles. The molecule has 1 aromatic heterocycles. The molecule has 3 rings (SSSR count). The van der Waals surface area contributed by atoms with Crippen molar-refractivity contribution >= 4 is 11.7 Å². The number of hydrogen-bond donors (Lipinski definition) is 2. The minimum atomic E-state index is -0.892. The summed E-state index contributed by atoms with van der Waals surface area (Å²) >= 11 is 0. The molecular formula is C17H25N3O3. The van der Waals surface area contributed by atoms with Crippen molar-refractivity contribution in [2.75, 3.05) is 37.7 Å². The van der Waals surface area contributed by atoms with Crippen LogP contribution in [0.15, 0.2) is 24.4 Å². The number of rotatable bonds is 4. The van der Waals surface area contributed by atoms with E-state index in [0.29, 0.717) is 32.7 Å². The van der Waals surface area contributed by atoms with Gasteiger partial charge < -0.3 is 20.1 Å². The highest BCUT2D eigenvalue weighted by Crippen LogP contribution is 2.24. The van der Waals surface area contributed by atoms with Crippen LogP contribution >= 0.6 is 0 Å². The van der Waals surface area contributed by atoms with Gasteiger partial charge in [0, 0.05) is 45.0 Å². The fourth-order valence-corrected chi connectivity index (χ4v) is 3.35. The molecule has 126 valence electrons. The van der Waals surface area contributed by atoms with Crippen LogP contribution in [-0.2, 0) is 9.53 Å². The number of aliphatic hydroxyl groups is 1. The van der Waals surface area contributed by atoms with Crippen molar-refractivity contribution in [2.24, 2.45) is 5.92 Å². The third kappa shape index (κ3) is 4.20. The van der Waals surface area contributed by atoms with E-state index in [1.54, 1.807) is 6.20 Å². The lowest BCUT2D eigenvalue weighted by molar-refractivity contribution is -0.129. The van der Waals surface area contributed by atoms with E-state index >= 15 is 0 Å². The fourth-order valence-electron chi connectivity index (χ4n) is 3.35. The molecule has 0 aliphatic carbocycles. The lowest BCUT2D eigenvalue weighted by atomic mass is 9.92. The number of anilines is 1. The van der Waals surface area contributed by atoms with Crippen LogP contribution in [0.1, 0.15) is 25.7 Å². The molecule has 6 nitrogen and oxygen atoms in total. The number of carbonyl (C=O) groups is 1. The minimum absolute atomic E-state index is 0.0165. The molecule has 0 aromatic carbocycles. The lowest BCUT2D eigenvalue weighted by Crippen LogP contribution is -2.55. The number of nitrogens with zero attached hydrogens (tertiary/aromatic N) is 2. The zero-order valence-corrected chi connectivity index (χ0v) is 13.4. The molecule has 0 unspecified atom stereocenters. The molecule has 1 amide bonds. The number of ether oxygens (including phenoxy) is 1. The van der Waals surface area contributed by atoms with E-state index in [1.807, 2.05) is 18.2 Å². The summed E-state index contributed by atoms with van der Waals surface area (Å²) in [7, 11) is 0. The van der Waals surface area contributed by atoms with E-state index in [9.17, 15) is 9.90 Å². The Morgan fingerprint density at radius 2 is 2.26 bits per heavy atom. The summed E-state index contributed by atoms with van der Waals surface area (Å²) in [6, 6.07) is 5.78. The Hall–Kier alpha value is -1.66. The maximum absolute atomic E-state index is 12.2. The van der Waals surface area contributed by atoms with Gasteiger partial charge in [0.15, 0.2) is 0 Å². The van der Waals surface area contributed by atoms with Gasteiger partial charge >= 0.3 is 0 Å². The number of carbonyl (C=O) groups excluding carboxylic acids is 1. The first-order valence-electron chi connectivity index (χ1n) is 8.40. The van der Waals surface area contributed by atoms with Gasteiger partial charge in [0.1, 0.15) is 5.82 Å². The number of piperidine rings is 1. The molecule has 1 atom stereocenters. The van der Waals surface area contributed by atoms with Crippen LogP contribution in [0, 0.1) is 5.92 Å². The van der Waals surface area contributed by atoms with Gasteiger partial charge in [-0.25, -0.2) is 4.98 Å². The maximum atomic E-state index is 12.2. The van der Waals surface area contributed by atoms with Crippen LogP contribution in [0.4, 0.5) is 5.82 Å². The van der Waals surface area contributed by atoms with Crippen LogP contribution in [0.3, 0.4) is 0 Å². The monoisotopic (exact) mass is 319 g/mol. The van der Waals surface area contributed by atoms with Crippen LogP contribution < -0.4 is 10.2 Å². The molecule has 2 aliphatic rings. The van der Waals surface area contributed by atoms with Crippen molar-refractivity contribution < 1.29 is 14.6 Å². The molecule has 3 heterocycles. The standard InChI is InChI=1S/C17H25N3O3/c21-16(14-5-10-23-11-6-14)19-12-17(22)7-3-9-20(13-17)15-4-1-2-8-18-15/h1-2,4,8,14,22H,3,5-7,9-13H2,(H,19,21)/t17-/m1/s1. The first-order valence-corrected chi connectivity index (χ1v) is 8.40. The Labute approximate surface area is 136 Å². The Morgan fingerprint density at radius 3 is 3.00 bits per heavy atom. The van der Waals surface area contributed by atoms with Crippen LogP contribution in [0.25, 0.3) is 0 Å². The number of aromatic nitrogens is 1. The molecule has 1 aromatic rings. The number of nitrogens with one attached hydrogen (secondary N) is 1. The predicted octanol–water partition coefficient (Wildman–Crippen LogP) is 0.956. The quantitative estimate of drug-likeness (QED) is 0.864. The van der Waals surface area contributed by atoms with Gasteiger partial charge in [0.05, 0.1) is 5.60 Å². The molecule has 6 heteroatoms. The molecule has 2 fully saturated rings. The summed E-state index contributed by atoms with van der Waals surface area (Å²) in [5.41, 5.74) is -0.892. The van der Waals surface area contributed by atoms with E-state index in [2.05, 4.69) is 15.2 Å². The second-order valence-corrected chi connectivity index (χ2v) is 6.54. The molecule has 0 bridgehead atoms. The van der Waals surface area contributed by atoms with Gasteiger partial charge in [-0.2, -0.15) is 0 Å². The van der Waals surface area contributed by atoms with E-state index in [0.717, 1.165) is 31.6 Å². The molecule has 2 saturated heterocycles. The van der Waals surface area contributed by atoms with Gasteiger partial charge in [-0.15, -0.1) is 0 Å². The summed E-state index contributed by atoms with van der Waals surface area (Å²) in [4.78, 5) is 18.7. The number of hydrogen-bond acceptors (Lipinski definition) is 5. The van der Waals surface area contributed by atoms with Crippen LogP contribution in [-0.4, -0.2) is 54.4 Å². The molecule has 0 radical (unpaired) electrons. The van der Waals surface area contributed by atoms with E-state index in [1.165, 1.54) is 0 Å². The van der Waals surface area contributed by atoms with Gasteiger partial charge in [-0.05, 0) is 37.8 Å². The van der Waals surface area contributed by atoms with Crippen molar-refractivity contribution in [1.82, 2.24) is 10.3 Å². The highest BCUT2D eigenvalue weighted by atomic mass is 16.5. The van der Waals surface area contributed by atoms with Gasteiger partial charge in [-0.3, -0.25) is 4.79 Å². The third-order valence-corrected chi connectivity index (χ3v) is 4.71. The summed E-state index contributed by atoms with van der Waals surface area (Å²) in [5.74, 6) is 0.931. The Bertz CT molecular complexity index is 519. The normalized spacial score (nSPS) is 26.0. The zero-order valence-electron chi connectivity index (χ0n) is 13.4. The summed E-state index contributed by atoms with van der Waals surface area (Å²) in [5, 5.41) is 13.8. The van der Waals surface area contributed by atoms with Crippen molar-refractivity contribution in [1.29, 1.82) is 0 Å². The van der Waals surface area contributed by atoms with Gasteiger partial charge in [-0.1, -0.05) is 6.07 Å². The second kappa shape index (κ2) is 7.27. The van der Waals surface area contributed by atoms with Crippen molar-refractivity contribution in [3.05, 3.63) is 24.4 Å². The maximum Gasteiger partial charge on any atom is 0.223 e. The zero-order chi connectivity index (χ0) is 16.1. The molecule has 23 heavy (non-hydrogen) atoms. The van der Waals surface area contributed by atoms with E-state index < -0.39 is 5.60 Å². The SMILES string of the molecule is O=C(NC[C@]1(O)CCCN(c2ccccn2)C1)C1CCOCC1. The second-order valence-electron chi connectivity index (χ2n) is 6.54. The molecular weight excluding hydrogens is 294 g/mol. The first kappa shape index (κ1) is 16.2. The Morgan fingerprint density at radius 1 is 1.43 bits per heavy atom. The summed E-state index contributed by atoms with van der Waals surface area (Å²) in [6.45, 7) is 2.98. The summed E-state index contributed by atoms with van der Waals surface area (Å²) in [6.07, 6.45) is 4.88. The smallest absolute Gasteiger partial charge is 0.223 e. The largest absolute Gasteiger partial charge is 0.386 e. The Kier molecular flexibility index (Phi) is 5.13. The number of amides is 1. The van der Waals surface area contributed by atoms with Gasteiger partial charge in [0.25, 0.3) is 0 Å². The molecule has 0 saturated carbocycles. The van der Waals surface area contributed by atoms with Crippen molar-refractivity contribution in [3.63, 3.8) is 0 Å². The van der Waals surface area contributed by atoms with E-state index in [4.69, 9.17) is 4.74 Å². The molecule has 2 N–H and O–H groups in total. The predicted molar refractivity (Wildman–Crippen MR) is 87.2 cm³/mol. The average molecular weight is 319 g/mol.